The molecule has 0 spiro atoms. The minimum atomic E-state index is 0.694. The first-order valence-electron chi connectivity index (χ1n) is 7.20. The van der Waals surface area contributed by atoms with Crippen LogP contribution in [0.5, 0.6) is 0 Å². The average Bonchev–Trinajstić information content (AvgIpc) is 3.27. The van der Waals surface area contributed by atoms with Crippen LogP contribution in [0.25, 0.3) is 33.8 Å². The molecule has 1 aromatic carbocycles. The first-order valence-corrected chi connectivity index (χ1v) is 7.20. The molecule has 0 saturated heterocycles. The Labute approximate surface area is 132 Å². The predicted molar refractivity (Wildman–Crippen MR) is 87.3 cm³/mol. The summed E-state index contributed by atoms with van der Waals surface area (Å²) in [6.07, 6.45) is 10.8. The zero-order valence-corrected chi connectivity index (χ0v) is 12.5. The van der Waals surface area contributed by atoms with Crippen molar-refractivity contribution in [2.24, 2.45) is 7.05 Å². The van der Waals surface area contributed by atoms with Gasteiger partial charge in [0.15, 0.2) is 5.82 Å². The van der Waals surface area contributed by atoms with Gasteiger partial charge in [-0.1, -0.05) is 18.2 Å². The molecular formula is C17H14N6. The highest BCUT2D eigenvalue weighted by molar-refractivity contribution is 5.69. The van der Waals surface area contributed by atoms with E-state index in [2.05, 4.69) is 37.2 Å². The monoisotopic (exact) mass is 302 g/mol. The van der Waals surface area contributed by atoms with Crippen molar-refractivity contribution in [1.29, 1.82) is 0 Å². The van der Waals surface area contributed by atoms with Crippen LogP contribution in [-0.2, 0) is 7.05 Å². The Bertz CT molecular complexity index is 922. The summed E-state index contributed by atoms with van der Waals surface area (Å²) < 4.78 is 1.79. The molecule has 0 fully saturated rings. The minimum Gasteiger partial charge on any atom is -0.345 e. The van der Waals surface area contributed by atoms with Gasteiger partial charge in [0.05, 0.1) is 24.4 Å². The molecule has 23 heavy (non-hydrogen) atoms. The van der Waals surface area contributed by atoms with Crippen LogP contribution in [0.15, 0.2) is 61.6 Å². The number of nitrogens with one attached hydrogen (secondary N) is 1. The molecule has 6 heteroatoms. The van der Waals surface area contributed by atoms with E-state index >= 15 is 0 Å². The van der Waals surface area contributed by atoms with Crippen LogP contribution in [0.3, 0.4) is 0 Å². The van der Waals surface area contributed by atoms with Gasteiger partial charge < -0.3 is 4.98 Å². The fourth-order valence-corrected chi connectivity index (χ4v) is 2.44. The van der Waals surface area contributed by atoms with Crippen LogP contribution < -0.4 is 0 Å². The summed E-state index contributed by atoms with van der Waals surface area (Å²) in [5.74, 6) is 0.694. The first-order chi connectivity index (χ1) is 11.3. The summed E-state index contributed by atoms with van der Waals surface area (Å²) in [5.41, 5.74) is 4.96. The van der Waals surface area contributed by atoms with Crippen molar-refractivity contribution in [3.05, 3.63) is 61.6 Å². The lowest BCUT2D eigenvalue weighted by Gasteiger charge is -2.04. The van der Waals surface area contributed by atoms with Crippen LogP contribution in [0, 0.1) is 0 Å². The molecule has 0 atom stereocenters. The quantitative estimate of drug-likeness (QED) is 0.631. The van der Waals surface area contributed by atoms with Gasteiger partial charge in [0.1, 0.15) is 0 Å². The van der Waals surface area contributed by atoms with Gasteiger partial charge in [-0.3, -0.25) is 4.68 Å². The van der Waals surface area contributed by atoms with E-state index in [9.17, 15) is 0 Å². The van der Waals surface area contributed by atoms with E-state index in [1.165, 1.54) is 0 Å². The van der Waals surface area contributed by atoms with Crippen molar-refractivity contribution >= 4 is 0 Å². The number of imidazole rings is 1. The van der Waals surface area contributed by atoms with Gasteiger partial charge >= 0.3 is 0 Å². The molecule has 0 aliphatic heterocycles. The highest BCUT2D eigenvalue weighted by atomic mass is 15.2. The molecule has 4 aromatic rings. The van der Waals surface area contributed by atoms with Gasteiger partial charge in [0, 0.05) is 42.3 Å². The van der Waals surface area contributed by atoms with Gasteiger partial charge in [-0.15, -0.1) is 0 Å². The molecule has 3 aromatic heterocycles. The highest BCUT2D eigenvalue weighted by Gasteiger charge is 2.06. The summed E-state index contributed by atoms with van der Waals surface area (Å²) in [5, 5.41) is 4.21. The van der Waals surface area contributed by atoms with E-state index in [4.69, 9.17) is 0 Å². The third-order valence-corrected chi connectivity index (χ3v) is 3.62. The Morgan fingerprint density at radius 2 is 1.74 bits per heavy atom. The molecule has 0 saturated carbocycles. The molecule has 0 aliphatic carbocycles. The standard InChI is InChI=1S/C17H14N6/c1-23-10-15(8-22-23)12-3-2-4-13(5-12)17-19-6-14(7-20-17)16-9-18-11-21-16/h2-11H,1H3,(H,18,21). The van der Waals surface area contributed by atoms with Crippen LogP contribution >= 0.6 is 0 Å². The van der Waals surface area contributed by atoms with E-state index in [0.717, 1.165) is 27.9 Å². The number of benzene rings is 1. The molecule has 0 aliphatic rings. The number of H-pyrrole nitrogens is 1. The molecule has 0 unspecified atom stereocenters. The third-order valence-electron chi connectivity index (χ3n) is 3.62. The molecular weight excluding hydrogens is 288 g/mol. The van der Waals surface area contributed by atoms with Crippen LogP contribution in [0.4, 0.5) is 0 Å². The van der Waals surface area contributed by atoms with E-state index in [1.807, 2.05) is 31.6 Å². The summed E-state index contributed by atoms with van der Waals surface area (Å²) in [6, 6.07) is 8.14. The van der Waals surface area contributed by atoms with E-state index in [-0.39, 0.29) is 0 Å². The van der Waals surface area contributed by atoms with E-state index < -0.39 is 0 Å². The number of aromatic nitrogens is 6. The Morgan fingerprint density at radius 3 is 2.43 bits per heavy atom. The van der Waals surface area contributed by atoms with Crippen molar-refractivity contribution in [3.8, 4) is 33.8 Å². The summed E-state index contributed by atoms with van der Waals surface area (Å²) in [7, 11) is 1.91. The average molecular weight is 302 g/mol. The molecule has 6 nitrogen and oxygen atoms in total. The molecule has 0 radical (unpaired) electrons. The second-order valence-corrected chi connectivity index (χ2v) is 5.24. The largest absolute Gasteiger partial charge is 0.345 e. The second-order valence-electron chi connectivity index (χ2n) is 5.24. The van der Waals surface area contributed by atoms with Crippen LogP contribution in [-0.4, -0.2) is 29.7 Å². The maximum Gasteiger partial charge on any atom is 0.159 e. The fourth-order valence-electron chi connectivity index (χ4n) is 2.44. The first kappa shape index (κ1) is 13.4. The fraction of sp³-hybridized carbons (Fsp3) is 0.0588. The number of aromatic amines is 1. The van der Waals surface area contributed by atoms with Crippen molar-refractivity contribution in [2.75, 3.05) is 0 Å². The zero-order chi connectivity index (χ0) is 15.6. The highest BCUT2D eigenvalue weighted by Crippen LogP contribution is 2.24. The van der Waals surface area contributed by atoms with E-state index in [1.54, 1.807) is 29.6 Å². The Morgan fingerprint density at radius 1 is 0.913 bits per heavy atom. The van der Waals surface area contributed by atoms with E-state index in [0.29, 0.717) is 5.82 Å². The normalized spacial score (nSPS) is 10.8. The lowest BCUT2D eigenvalue weighted by Crippen LogP contribution is -1.90. The smallest absolute Gasteiger partial charge is 0.159 e. The van der Waals surface area contributed by atoms with Crippen LogP contribution in [0.2, 0.25) is 0 Å². The van der Waals surface area contributed by atoms with Crippen molar-refractivity contribution in [2.45, 2.75) is 0 Å². The number of nitrogens with zero attached hydrogens (tertiary/aromatic N) is 5. The number of aryl methyl sites for hydroxylation is 1. The third kappa shape index (κ3) is 2.62. The van der Waals surface area contributed by atoms with Gasteiger partial charge in [-0.05, 0) is 11.6 Å². The number of hydrogen-bond acceptors (Lipinski definition) is 4. The lowest BCUT2D eigenvalue weighted by atomic mass is 10.1. The molecule has 0 amide bonds. The lowest BCUT2D eigenvalue weighted by molar-refractivity contribution is 0.768. The zero-order valence-electron chi connectivity index (χ0n) is 12.5. The summed E-state index contributed by atoms with van der Waals surface area (Å²) >= 11 is 0. The Balaban J connectivity index is 1.68. The molecule has 3 heterocycles. The number of hydrogen-bond donors (Lipinski definition) is 1. The topological polar surface area (TPSA) is 72.3 Å². The SMILES string of the molecule is Cn1cc(-c2cccc(-c3ncc(-c4cnc[nH]4)cn3)c2)cn1. The minimum absolute atomic E-state index is 0.694. The second kappa shape index (κ2) is 5.49. The molecule has 4 rings (SSSR count). The molecule has 1 N–H and O–H groups in total. The van der Waals surface area contributed by atoms with Gasteiger partial charge in [-0.2, -0.15) is 5.10 Å². The Hall–Kier alpha value is -3.28. The van der Waals surface area contributed by atoms with Gasteiger partial charge in [-0.25, -0.2) is 15.0 Å². The van der Waals surface area contributed by atoms with Crippen molar-refractivity contribution in [3.63, 3.8) is 0 Å². The molecule has 0 bridgehead atoms. The van der Waals surface area contributed by atoms with Crippen molar-refractivity contribution in [1.82, 2.24) is 29.7 Å². The number of rotatable bonds is 3. The maximum absolute atomic E-state index is 4.47. The van der Waals surface area contributed by atoms with Gasteiger partial charge in [0.2, 0.25) is 0 Å². The summed E-state index contributed by atoms with van der Waals surface area (Å²) in [4.78, 5) is 16.0. The van der Waals surface area contributed by atoms with Crippen molar-refractivity contribution < 1.29 is 0 Å². The maximum atomic E-state index is 4.47. The Kier molecular flexibility index (Phi) is 3.20. The van der Waals surface area contributed by atoms with Crippen LogP contribution in [0.1, 0.15) is 0 Å². The predicted octanol–water partition coefficient (Wildman–Crippen LogP) is 2.93. The van der Waals surface area contributed by atoms with Gasteiger partial charge in [0.25, 0.3) is 0 Å². The molecule has 112 valence electrons. The summed E-state index contributed by atoms with van der Waals surface area (Å²) in [6.45, 7) is 0.